The summed E-state index contributed by atoms with van der Waals surface area (Å²) in [6.07, 6.45) is 9.02. The van der Waals surface area contributed by atoms with Crippen molar-refractivity contribution in [3.63, 3.8) is 0 Å². The molecule has 0 saturated carbocycles. The largest absolute Gasteiger partial charge is 0.381 e. The minimum absolute atomic E-state index is 0.714. The van der Waals surface area contributed by atoms with E-state index in [1.807, 2.05) is 0 Å². The van der Waals surface area contributed by atoms with Crippen LogP contribution >= 0.6 is 0 Å². The Kier molecular flexibility index (Phi) is 23.6. The molecule has 1 radical (unpaired) electrons. The number of hydrogen-bond donors (Lipinski definition) is 0. The fourth-order valence-corrected chi connectivity index (χ4v) is 2.09. The molecule has 0 N–H and O–H groups in total. The third kappa shape index (κ3) is 23.8. The van der Waals surface area contributed by atoms with Crippen LogP contribution < -0.4 is 5.32 Å². The number of unbranched alkanes of at least 4 members (excludes halogenated alkanes) is 4. The van der Waals surface area contributed by atoms with Crippen LogP contribution in [0, 0.1) is 0 Å². The Labute approximate surface area is 156 Å². The normalized spacial score (nSPS) is 11.3. The SMILES string of the molecule is CCCCOCCCCOCC[N]CCOCCCCOCCCC. The Bertz CT molecular complexity index is 208. The van der Waals surface area contributed by atoms with Crippen LogP contribution in [0.15, 0.2) is 0 Å². The third-order valence-corrected chi connectivity index (χ3v) is 3.73. The van der Waals surface area contributed by atoms with Crippen molar-refractivity contribution in [2.75, 3.05) is 65.9 Å². The van der Waals surface area contributed by atoms with Crippen LogP contribution in [-0.2, 0) is 18.9 Å². The van der Waals surface area contributed by atoms with Gasteiger partial charge in [0.2, 0.25) is 0 Å². The molecule has 0 saturated heterocycles. The highest BCUT2D eigenvalue weighted by atomic mass is 16.5. The van der Waals surface area contributed by atoms with Crippen molar-refractivity contribution in [3.05, 3.63) is 0 Å². The maximum Gasteiger partial charge on any atom is 0.0607 e. The van der Waals surface area contributed by atoms with Gasteiger partial charge in [-0.1, -0.05) is 26.7 Å². The Morgan fingerprint density at radius 2 is 0.760 bits per heavy atom. The first-order valence-electron chi connectivity index (χ1n) is 10.4. The van der Waals surface area contributed by atoms with Gasteiger partial charge in [-0.05, 0) is 38.5 Å². The van der Waals surface area contributed by atoms with Gasteiger partial charge in [0.05, 0.1) is 13.2 Å². The van der Waals surface area contributed by atoms with E-state index < -0.39 is 0 Å². The molecule has 151 valence electrons. The molecule has 5 nitrogen and oxygen atoms in total. The van der Waals surface area contributed by atoms with Gasteiger partial charge in [-0.25, -0.2) is 5.32 Å². The second-order valence-electron chi connectivity index (χ2n) is 6.24. The molecule has 0 atom stereocenters. The fourth-order valence-electron chi connectivity index (χ4n) is 2.09. The van der Waals surface area contributed by atoms with Crippen molar-refractivity contribution in [3.8, 4) is 0 Å². The number of rotatable bonds is 22. The fraction of sp³-hybridized carbons (Fsp3) is 1.00. The Morgan fingerprint density at radius 1 is 0.440 bits per heavy atom. The first-order valence-corrected chi connectivity index (χ1v) is 10.4. The van der Waals surface area contributed by atoms with Crippen molar-refractivity contribution in [2.45, 2.75) is 65.2 Å². The Morgan fingerprint density at radius 3 is 1.12 bits per heavy atom. The van der Waals surface area contributed by atoms with E-state index in [-0.39, 0.29) is 0 Å². The summed E-state index contributed by atoms with van der Waals surface area (Å²) in [7, 11) is 0. The summed E-state index contributed by atoms with van der Waals surface area (Å²) in [6, 6.07) is 0. The topological polar surface area (TPSA) is 51.0 Å². The number of nitrogens with zero attached hydrogens (tertiary/aromatic N) is 1. The minimum atomic E-state index is 0.714. The average Bonchev–Trinajstić information content (AvgIpc) is 2.63. The van der Waals surface area contributed by atoms with Crippen LogP contribution in [0.25, 0.3) is 0 Å². The molecule has 0 aliphatic rings. The molecule has 0 fully saturated rings. The van der Waals surface area contributed by atoms with Gasteiger partial charge in [-0.3, -0.25) is 0 Å². The van der Waals surface area contributed by atoms with Crippen LogP contribution in [0.2, 0.25) is 0 Å². The van der Waals surface area contributed by atoms with Crippen molar-refractivity contribution >= 4 is 0 Å². The number of hydrogen-bond acceptors (Lipinski definition) is 4. The van der Waals surface area contributed by atoms with Crippen molar-refractivity contribution in [1.29, 1.82) is 0 Å². The van der Waals surface area contributed by atoms with E-state index >= 15 is 0 Å². The summed E-state index contributed by atoms with van der Waals surface area (Å²) < 4.78 is 22.1. The summed E-state index contributed by atoms with van der Waals surface area (Å²) >= 11 is 0. The standard InChI is InChI=1S/C20H42NO4/c1-3-5-13-22-15-7-9-17-24-19-11-21-12-20-25-18-10-8-16-23-14-6-4-2/h3-20H2,1-2H3. The molecule has 0 bridgehead atoms. The van der Waals surface area contributed by atoms with Crippen LogP contribution in [0.4, 0.5) is 0 Å². The van der Waals surface area contributed by atoms with Crippen molar-refractivity contribution in [2.24, 2.45) is 0 Å². The average molecular weight is 361 g/mol. The van der Waals surface area contributed by atoms with Gasteiger partial charge in [-0.15, -0.1) is 0 Å². The molecular formula is C20H42NO4. The van der Waals surface area contributed by atoms with Crippen LogP contribution in [0.1, 0.15) is 65.2 Å². The summed E-state index contributed by atoms with van der Waals surface area (Å²) in [5, 5.41) is 4.41. The van der Waals surface area contributed by atoms with E-state index in [0.29, 0.717) is 13.2 Å². The smallest absolute Gasteiger partial charge is 0.0607 e. The summed E-state index contributed by atoms with van der Waals surface area (Å²) in [5.74, 6) is 0. The van der Waals surface area contributed by atoms with Crippen molar-refractivity contribution in [1.82, 2.24) is 5.32 Å². The highest BCUT2D eigenvalue weighted by Gasteiger charge is 1.94. The van der Waals surface area contributed by atoms with E-state index in [1.165, 1.54) is 12.8 Å². The lowest BCUT2D eigenvalue weighted by molar-refractivity contribution is 0.0951. The van der Waals surface area contributed by atoms with E-state index in [2.05, 4.69) is 19.2 Å². The molecule has 0 rings (SSSR count). The summed E-state index contributed by atoms with van der Waals surface area (Å²) in [5.41, 5.74) is 0. The van der Waals surface area contributed by atoms with E-state index in [1.54, 1.807) is 0 Å². The van der Waals surface area contributed by atoms with Gasteiger partial charge in [0.1, 0.15) is 0 Å². The second-order valence-corrected chi connectivity index (χ2v) is 6.24. The maximum atomic E-state index is 5.56. The molecule has 0 heterocycles. The van der Waals surface area contributed by atoms with E-state index in [9.17, 15) is 0 Å². The molecule has 0 spiro atoms. The van der Waals surface area contributed by atoms with E-state index in [0.717, 1.165) is 91.3 Å². The minimum Gasteiger partial charge on any atom is -0.381 e. The first kappa shape index (κ1) is 24.8. The third-order valence-electron chi connectivity index (χ3n) is 3.73. The lowest BCUT2D eigenvalue weighted by atomic mass is 10.3. The zero-order chi connectivity index (χ0) is 18.3. The number of ether oxygens (including phenoxy) is 4. The molecule has 5 heteroatoms. The quantitative estimate of drug-likeness (QED) is 0.275. The lowest BCUT2D eigenvalue weighted by Gasteiger charge is -2.07. The lowest BCUT2D eigenvalue weighted by Crippen LogP contribution is -2.18. The predicted molar refractivity (Wildman–Crippen MR) is 103 cm³/mol. The van der Waals surface area contributed by atoms with Crippen LogP contribution in [0.5, 0.6) is 0 Å². The van der Waals surface area contributed by atoms with Gasteiger partial charge >= 0.3 is 0 Å². The monoisotopic (exact) mass is 360 g/mol. The molecule has 0 aliphatic carbocycles. The molecular weight excluding hydrogens is 318 g/mol. The second kappa shape index (κ2) is 23.8. The Balaban J connectivity index is 2.94. The molecule has 0 aromatic carbocycles. The molecule has 0 aromatic rings. The van der Waals surface area contributed by atoms with Crippen LogP contribution in [-0.4, -0.2) is 65.9 Å². The van der Waals surface area contributed by atoms with Gasteiger partial charge in [0.15, 0.2) is 0 Å². The molecule has 25 heavy (non-hydrogen) atoms. The first-order chi connectivity index (χ1) is 12.4. The predicted octanol–water partition coefficient (Wildman–Crippen LogP) is 3.82. The van der Waals surface area contributed by atoms with E-state index in [4.69, 9.17) is 18.9 Å². The zero-order valence-electron chi connectivity index (χ0n) is 16.8. The zero-order valence-corrected chi connectivity index (χ0v) is 16.8. The highest BCUT2D eigenvalue weighted by molar-refractivity contribution is 4.46. The summed E-state index contributed by atoms with van der Waals surface area (Å²) in [4.78, 5) is 0. The highest BCUT2D eigenvalue weighted by Crippen LogP contribution is 1.95. The van der Waals surface area contributed by atoms with Crippen LogP contribution in [0.3, 0.4) is 0 Å². The molecule has 0 aromatic heterocycles. The van der Waals surface area contributed by atoms with Gasteiger partial charge < -0.3 is 18.9 Å². The molecule has 0 unspecified atom stereocenters. The van der Waals surface area contributed by atoms with Crippen molar-refractivity contribution < 1.29 is 18.9 Å². The molecule has 0 amide bonds. The van der Waals surface area contributed by atoms with Gasteiger partial charge in [0.25, 0.3) is 0 Å². The maximum absolute atomic E-state index is 5.56. The molecule has 0 aliphatic heterocycles. The van der Waals surface area contributed by atoms with Gasteiger partial charge in [0, 0.05) is 52.7 Å². The van der Waals surface area contributed by atoms with Gasteiger partial charge in [-0.2, -0.15) is 0 Å². The Hall–Kier alpha value is -0.200. The summed E-state index contributed by atoms with van der Waals surface area (Å²) in [6.45, 7) is 12.4.